The predicted octanol–water partition coefficient (Wildman–Crippen LogP) is 1.38. The van der Waals surface area contributed by atoms with E-state index >= 15 is 0 Å². The highest BCUT2D eigenvalue weighted by molar-refractivity contribution is 7.85. The molecule has 8 heteroatoms. The fourth-order valence-electron chi connectivity index (χ4n) is 2.40. The third-order valence-electron chi connectivity index (χ3n) is 3.23. The van der Waals surface area contributed by atoms with Crippen LogP contribution >= 0.6 is 0 Å². The molecule has 2 N–H and O–H groups in total. The SMILES string of the molecule is CCOC(=O)c1cccc[n+]1N.Cc1cc(C)c(S(=O)(=O)[O-])c(C)c1. The summed E-state index contributed by atoms with van der Waals surface area (Å²) in [6, 6.07) is 8.46. The van der Waals surface area contributed by atoms with Crippen LogP contribution in [0.25, 0.3) is 0 Å². The van der Waals surface area contributed by atoms with Crippen LogP contribution in [0.3, 0.4) is 0 Å². The van der Waals surface area contributed by atoms with E-state index in [0.29, 0.717) is 23.4 Å². The number of nitrogens with two attached hydrogens (primary N) is 1. The number of pyridine rings is 1. The van der Waals surface area contributed by atoms with Crippen LogP contribution in [0.4, 0.5) is 0 Å². The fraction of sp³-hybridized carbons (Fsp3) is 0.294. The number of esters is 1. The highest BCUT2D eigenvalue weighted by atomic mass is 32.2. The minimum Gasteiger partial charge on any atom is -0.744 e. The molecule has 0 saturated carbocycles. The van der Waals surface area contributed by atoms with E-state index in [1.54, 1.807) is 57.3 Å². The summed E-state index contributed by atoms with van der Waals surface area (Å²) in [7, 11) is -4.33. The molecule has 0 amide bonds. The Morgan fingerprint density at radius 3 is 2.20 bits per heavy atom. The van der Waals surface area contributed by atoms with E-state index in [1.807, 2.05) is 6.92 Å². The van der Waals surface area contributed by atoms with Crippen molar-refractivity contribution in [2.45, 2.75) is 32.6 Å². The van der Waals surface area contributed by atoms with Crippen molar-refractivity contribution in [3.05, 3.63) is 58.9 Å². The van der Waals surface area contributed by atoms with Gasteiger partial charge in [-0.2, -0.15) is 0 Å². The van der Waals surface area contributed by atoms with Gasteiger partial charge in [0.1, 0.15) is 10.1 Å². The molecule has 0 aliphatic carbocycles. The largest absolute Gasteiger partial charge is 0.744 e. The first-order chi connectivity index (χ1) is 11.6. The lowest BCUT2D eigenvalue weighted by atomic mass is 10.1. The Labute approximate surface area is 147 Å². The zero-order valence-corrected chi connectivity index (χ0v) is 15.5. The summed E-state index contributed by atoms with van der Waals surface area (Å²) in [6.07, 6.45) is 1.59. The van der Waals surface area contributed by atoms with E-state index in [0.717, 1.165) is 5.56 Å². The summed E-state index contributed by atoms with van der Waals surface area (Å²) >= 11 is 0. The Bertz CT molecular complexity index is 840. The monoisotopic (exact) mass is 366 g/mol. The summed E-state index contributed by atoms with van der Waals surface area (Å²) in [4.78, 5) is 11.1. The second-order valence-corrected chi connectivity index (χ2v) is 6.71. The van der Waals surface area contributed by atoms with Crippen LogP contribution in [-0.2, 0) is 14.9 Å². The number of carbonyl (C=O) groups excluding carboxylic acids is 1. The Morgan fingerprint density at radius 2 is 1.76 bits per heavy atom. The predicted molar refractivity (Wildman–Crippen MR) is 91.4 cm³/mol. The molecule has 0 saturated heterocycles. The van der Waals surface area contributed by atoms with Crippen molar-refractivity contribution < 1.29 is 27.2 Å². The zero-order chi connectivity index (χ0) is 19.2. The molecule has 136 valence electrons. The number of hydrogen-bond donors (Lipinski definition) is 1. The molecule has 0 radical (unpaired) electrons. The van der Waals surface area contributed by atoms with E-state index < -0.39 is 16.1 Å². The van der Waals surface area contributed by atoms with Crippen LogP contribution in [0.15, 0.2) is 41.4 Å². The second kappa shape index (κ2) is 8.59. The van der Waals surface area contributed by atoms with Gasteiger partial charge in [-0.3, -0.25) is 0 Å². The molecule has 2 aromatic rings. The molecule has 0 bridgehead atoms. The zero-order valence-electron chi connectivity index (χ0n) is 14.6. The molecule has 1 heterocycles. The Hall–Kier alpha value is -2.45. The molecule has 2 rings (SSSR count). The van der Waals surface area contributed by atoms with Crippen LogP contribution in [-0.4, -0.2) is 25.5 Å². The van der Waals surface area contributed by atoms with Crippen molar-refractivity contribution in [3.8, 4) is 0 Å². The van der Waals surface area contributed by atoms with Gasteiger partial charge in [-0.15, -0.1) is 0 Å². The third-order valence-corrected chi connectivity index (χ3v) is 4.37. The van der Waals surface area contributed by atoms with Crippen LogP contribution in [0.5, 0.6) is 0 Å². The summed E-state index contributed by atoms with van der Waals surface area (Å²) < 4.78 is 38.5. The van der Waals surface area contributed by atoms with Crippen molar-refractivity contribution in [2.75, 3.05) is 12.4 Å². The first-order valence-electron chi connectivity index (χ1n) is 7.54. The number of ether oxygens (including phenoxy) is 1. The van der Waals surface area contributed by atoms with Crippen molar-refractivity contribution in [1.29, 1.82) is 0 Å². The van der Waals surface area contributed by atoms with Crippen LogP contribution in [0.1, 0.15) is 34.1 Å². The number of benzene rings is 1. The number of carbonyl (C=O) groups is 1. The second-order valence-electron chi connectivity index (χ2n) is 5.40. The van der Waals surface area contributed by atoms with Gasteiger partial charge in [-0.1, -0.05) is 22.4 Å². The van der Waals surface area contributed by atoms with Gasteiger partial charge < -0.3 is 9.29 Å². The lowest BCUT2D eigenvalue weighted by Gasteiger charge is -2.14. The molecule has 0 fully saturated rings. The number of rotatable bonds is 3. The topological polar surface area (TPSA) is 113 Å². The average molecular weight is 366 g/mol. The van der Waals surface area contributed by atoms with Crippen molar-refractivity contribution in [3.63, 3.8) is 0 Å². The van der Waals surface area contributed by atoms with Gasteiger partial charge in [0.2, 0.25) is 0 Å². The quantitative estimate of drug-likeness (QED) is 0.380. The fourth-order valence-corrected chi connectivity index (χ4v) is 3.30. The van der Waals surface area contributed by atoms with E-state index in [2.05, 4.69) is 0 Å². The van der Waals surface area contributed by atoms with Crippen LogP contribution in [0.2, 0.25) is 0 Å². The molecular weight excluding hydrogens is 344 g/mol. The number of hydrogen-bond acceptors (Lipinski definition) is 6. The molecule has 1 aromatic heterocycles. The molecule has 0 atom stereocenters. The van der Waals surface area contributed by atoms with Crippen LogP contribution < -0.4 is 10.5 Å². The maximum Gasteiger partial charge on any atom is 0.406 e. The van der Waals surface area contributed by atoms with Crippen LogP contribution in [0, 0.1) is 20.8 Å². The third kappa shape index (κ3) is 5.84. The van der Waals surface area contributed by atoms with Gasteiger partial charge >= 0.3 is 11.7 Å². The Balaban J connectivity index is 0.000000251. The molecule has 7 nitrogen and oxygen atoms in total. The van der Waals surface area contributed by atoms with Crippen molar-refractivity contribution in [2.24, 2.45) is 0 Å². The minimum atomic E-state index is -4.33. The molecular formula is C17H22N2O5S. The van der Waals surface area contributed by atoms with E-state index in [1.165, 1.54) is 4.68 Å². The maximum atomic E-state index is 11.1. The van der Waals surface area contributed by atoms with Gasteiger partial charge in [0.25, 0.3) is 0 Å². The highest BCUT2D eigenvalue weighted by Crippen LogP contribution is 2.20. The molecule has 25 heavy (non-hydrogen) atoms. The van der Waals surface area contributed by atoms with E-state index in [4.69, 9.17) is 10.6 Å². The molecule has 0 aliphatic heterocycles. The average Bonchev–Trinajstić information content (AvgIpc) is 2.45. The number of nitrogen functional groups attached to an aromatic ring is 1. The lowest BCUT2D eigenvalue weighted by molar-refractivity contribution is -0.641. The van der Waals surface area contributed by atoms with E-state index in [-0.39, 0.29) is 4.90 Å². The summed E-state index contributed by atoms with van der Waals surface area (Å²) in [5.41, 5.74) is 2.35. The minimum absolute atomic E-state index is 0.0851. The highest BCUT2D eigenvalue weighted by Gasteiger charge is 2.17. The number of aryl methyl sites for hydroxylation is 3. The normalized spacial score (nSPS) is 10.6. The van der Waals surface area contributed by atoms with Gasteiger partial charge in [0.05, 0.1) is 11.5 Å². The molecule has 0 unspecified atom stereocenters. The Kier molecular flexibility index (Phi) is 7.08. The Morgan fingerprint density at radius 1 is 1.20 bits per heavy atom. The standard InChI is InChI=1S/C9H12O3S.C8H10N2O2/c1-6-4-7(2)9(8(3)5-6)13(10,11)12;1-2-12-8(11)7-5-3-4-6-10(7)9/h4-5H,1-3H3,(H,10,11,12);3-6H,2H2,1H3,(H-,9,11). The summed E-state index contributed by atoms with van der Waals surface area (Å²) in [5.74, 6) is 5.07. The molecule has 0 spiro atoms. The van der Waals surface area contributed by atoms with E-state index in [9.17, 15) is 17.8 Å². The smallest absolute Gasteiger partial charge is 0.406 e. The molecule has 1 aromatic carbocycles. The lowest BCUT2D eigenvalue weighted by Crippen LogP contribution is -2.49. The summed E-state index contributed by atoms with van der Waals surface area (Å²) in [5, 5.41) is 0. The summed E-state index contributed by atoms with van der Waals surface area (Å²) in [6.45, 7) is 7.23. The maximum absolute atomic E-state index is 11.1. The van der Waals surface area contributed by atoms with Gasteiger partial charge in [-0.05, 0) is 44.9 Å². The van der Waals surface area contributed by atoms with Crippen molar-refractivity contribution >= 4 is 16.1 Å². The molecule has 0 aliphatic rings. The van der Waals surface area contributed by atoms with Gasteiger partial charge in [0.15, 0.2) is 6.20 Å². The van der Waals surface area contributed by atoms with Gasteiger partial charge in [-0.25, -0.2) is 19.1 Å². The van der Waals surface area contributed by atoms with Crippen molar-refractivity contribution in [1.82, 2.24) is 0 Å². The first-order valence-corrected chi connectivity index (χ1v) is 8.95. The number of aromatic nitrogens is 1. The first kappa shape index (κ1) is 20.6. The van der Waals surface area contributed by atoms with Gasteiger partial charge in [0, 0.05) is 12.1 Å². The number of nitrogens with zero attached hydrogens (tertiary/aromatic N) is 1.